The van der Waals surface area contributed by atoms with Gasteiger partial charge in [-0.2, -0.15) is 4.58 Å². The first-order chi connectivity index (χ1) is 16.7. The van der Waals surface area contributed by atoms with Crippen molar-refractivity contribution in [2.24, 2.45) is 0 Å². The van der Waals surface area contributed by atoms with E-state index < -0.39 is 32.8 Å². The zero-order chi connectivity index (χ0) is 26.9. The largest absolute Gasteiger partial charge is 0.784 e. The van der Waals surface area contributed by atoms with Crippen molar-refractivity contribution in [2.45, 2.75) is 45.4 Å². The lowest BCUT2D eigenvalue weighted by Crippen LogP contribution is -2.29. The molecule has 0 spiro atoms. The molecular formula is C26H30N2O6S2-2. The number of nitrogens with zero attached hydrogens (tertiary/aromatic N) is 2. The number of allylic oxidation sites excluding steroid dienone is 4. The molecule has 0 bridgehead atoms. The monoisotopic (exact) mass is 530 g/mol. The van der Waals surface area contributed by atoms with E-state index in [0.29, 0.717) is 0 Å². The zero-order valence-electron chi connectivity index (χ0n) is 20.9. The molecule has 0 fully saturated rings. The van der Waals surface area contributed by atoms with Gasteiger partial charge in [0.1, 0.15) is 0 Å². The summed E-state index contributed by atoms with van der Waals surface area (Å²) in [6, 6.07) is 16.1. The van der Waals surface area contributed by atoms with Gasteiger partial charge in [-0.15, -0.1) is 11.4 Å². The molecule has 2 aliphatic heterocycles. The fourth-order valence-corrected chi connectivity index (χ4v) is 5.74. The van der Waals surface area contributed by atoms with Crippen molar-refractivity contribution in [3.63, 3.8) is 0 Å². The molecule has 2 aromatic carbocycles. The molecule has 0 radical (unpaired) electrons. The van der Waals surface area contributed by atoms with Crippen LogP contribution in [-0.4, -0.2) is 49.0 Å². The topological polar surface area (TPSA) is 127 Å². The molecular weight excluding hydrogens is 500 g/mol. The fraction of sp³-hybridized carbons (Fsp3) is 0.346. The van der Waals surface area contributed by atoms with Gasteiger partial charge >= 0.3 is 0 Å². The Bertz CT molecular complexity index is 1370. The van der Waals surface area contributed by atoms with Crippen LogP contribution in [0.2, 0.25) is 0 Å². The van der Waals surface area contributed by atoms with E-state index in [9.17, 15) is 13.0 Å². The number of fused-ring (bicyclic) bond motifs is 2. The summed E-state index contributed by atoms with van der Waals surface area (Å²) in [6.07, 6.45) is 6.05. The maximum Gasteiger partial charge on any atom is 0.237 e. The van der Waals surface area contributed by atoms with E-state index in [-0.39, 0.29) is 5.41 Å². The van der Waals surface area contributed by atoms with Crippen LogP contribution < -0.4 is 4.90 Å². The summed E-state index contributed by atoms with van der Waals surface area (Å²) in [5.41, 5.74) is 5.72. The minimum atomic E-state index is -4.44. The van der Waals surface area contributed by atoms with Gasteiger partial charge in [-0.05, 0) is 38.5 Å². The van der Waals surface area contributed by atoms with Crippen LogP contribution in [0.3, 0.4) is 0 Å². The number of hydrogen-bond acceptors (Lipinski definition) is 7. The van der Waals surface area contributed by atoms with Crippen LogP contribution in [0.25, 0.3) is 0 Å². The third-order valence-electron chi connectivity index (χ3n) is 6.71. The standard InChI is InChI=1S/C26H30N2O3S.H2O3S/c1-6-27-21-14-9-7-12-19(21)25(2,3)23(27)16-11-17-24-26(4,5)20-13-8-10-15-22(20)28(24)18-32(29,30)31;1-4(2)3/h7-17H,6,18H2,1-5H3;(H2,1,2,3)/p-2. The summed E-state index contributed by atoms with van der Waals surface area (Å²) < 4.78 is 62.0. The summed E-state index contributed by atoms with van der Waals surface area (Å²) in [7, 11) is -4.44. The Morgan fingerprint density at radius 2 is 1.53 bits per heavy atom. The highest BCUT2D eigenvalue weighted by Crippen LogP contribution is 2.47. The number of para-hydroxylation sites is 2. The molecule has 0 atom stereocenters. The van der Waals surface area contributed by atoms with Gasteiger partial charge in [0.25, 0.3) is 0 Å². The molecule has 0 N–H and O–H groups in total. The van der Waals surface area contributed by atoms with Gasteiger partial charge in [0.05, 0.1) is 5.41 Å². The van der Waals surface area contributed by atoms with Gasteiger partial charge in [-0.1, -0.05) is 56.3 Å². The van der Waals surface area contributed by atoms with Crippen molar-refractivity contribution in [3.8, 4) is 0 Å². The van der Waals surface area contributed by atoms with Gasteiger partial charge in [0.2, 0.25) is 11.6 Å². The van der Waals surface area contributed by atoms with Crippen molar-refractivity contribution in [1.29, 1.82) is 0 Å². The second-order valence-electron chi connectivity index (χ2n) is 9.64. The van der Waals surface area contributed by atoms with E-state index in [1.54, 1.807) is 4.58 Å². The normalized spacial score (nSPS) is 19.0. The van der Waals surface area contributed by atoms with Gasteiger partial charge < -0.3 is 18.6 Å². The number of likely N-dealkylation sites (N-methyl/N-ethyl adjacent to an activating group) is 1. The predicted molar refractivity (Wildman–Crippen MR) is 138 cm³/mol. The van der Waals surface area contributed by atoms with Crippen LogP contribution in [0.1, 0.15) is 45.7 Å². The molecule has 0 saturated heterocycles. The molecule has 8 nitrogen and oxygen atoms in total. The number of hydrogen-bond donors (Lipinski definition) is 0. The second-order valence-corrected chi connectivity index (χ2v) is 11.4. The number of benzene rings is 2. The van der Waals surface area contributed by atoms with Crippen molar-refractivity contribution < 1.29 is 30.9 Å². The van der Waals surface area contributed by atoms with E-state index >= 15 is 0 Å². The SMILES string of the molecule is CCN1/C(=C/C=C/C2=[N+](CS(=O)(=O)[O-])c3ccccc3C2(C)C)C(C)(C)c2ccccc21.O=S([O-])[O-]. The molecule has 0 aromatic heterocycles. The third kappa shape index (κ3) is 5.52. The molecule has 10 heteroatoms. The fourth-order valence-electron chi connectivity index (χ4n) is 5.15. The van der Waals surface area contributed by atoms with Crippen LogP contribution in [0, 0.1) is 0 Å². The van der Waals surface area contributed by atoms with Gasteiger partial charge in [0.15, 0.2) is 15.8 Å². The van der Waals surface area contributed by atoms with Crippen LogP contribution in [-0.2, 0) is 32.3 Å². The highest BCUT2D eigenvalue weighted by atomic mass is 32.2. The van der Waals surface area contributed by atoms with E-state index in [1.165, 1.54) is 16.9 Å². The molecule has 0 amide bonds. The Morgan fingerprint density at radius 1 is 0.972 bits per heavy atom. The van der Waals surface area contributed by atoms with Gasteiger partial charge in [0, 0.05) is 41.1 Å². The molecule has 2 aromatic rings. The number of anilines is 1. The minimum Gasteiger partial charge on any atom is -0.784 e. The van der Waals surface area contributed by atoms with E-state index in [4.69, 9.17) is 13.3 Å². The summed E-state index contributed by atoms with van der Waals surface area (Å²) in [6.45, 7) is 11.6. The van der Waals surface area contributed by atoms with Crippen molar-refractivity contribution >= 4 is 38.6 Å². The van der Waals surface area contributed by atoms with Crippen LogP contribution in [0.5, 0.6) is 0 Å². The van der Waals surface area contributed by atoms with E-state index in [2.05, 4.69) is 69.9 Å². The Balaban J connectivity index is 0.000000840. The van der Waals surface area contributed by atoms with Gasteiger partial charge in [-0.25, -0.2) is 8.42 Å². The molecule has 194 valence electrons. The predicted octanol–water partition coefficient (Wildman–Crippen LogP) is 3.82. The van der Waals surface area contributed by atoms with Crippen molar-refractivity contribution in [3.05, 3.63) is 83.6 Å². The smallest absolute Gasteiger partial charge is 0.237 e. The third-order valence-corrected chi connectivity index (χ3v) is 7.28. The highest BCUT2D eigenvalue weighted by molar-refractivity contribution is 7.85. The summed E-state index contributed by atoms with van der Waals surface area (Å²) in [5.74, 6) is -0.582. The molecule has 4 rings (SSSR count). The van der Waals surface area contributed by atoms with Crippen LogP contribution in [0.15, 0.2) is 72.5 Å². The second kappa shape index (κ2) is 10.4. The molecule has 0 saturated carbocycles. The average molecular weight is 531 g/mol. The summed E-state index contributed by atoms with van der Waals surface area (Å²) in [4.78, 5) is 2.32. The maximum atomic E-state index is 11.7. The quantitative estimate of drug-likeness (QED) is 0.327. The first-order valence-corrected chi connectivity index (χ1v) is 14.0. The summed E-state index contributed by atoms with van der Waals surface area (Å²) >= 11 is -3.11. The van der Waals surface area contributed by atoms with Gasteiger partial charge in [-0.3, -0.25) is 4.21 Å². The van der Waals surface area contributed by atoms with Crippen LogP contribution in [0.4, 0.5) is 11.4 Å². The van der Waals surface area contributed by atoms with Crippen molar-refractivity contribution in [2.75, 3.05) is 17.3 Å². The van der Waals surface area contributed by atoms with Crippen molar-refractivity contribution in [1.82, 2.24) is 0 Å². The lowest BCUT2D eigenvalue weighted by Gasteiger charge is -2.25. The maximum absolute atomic E-state index is 11.7. The average Bonchev–Trinajstić information content (AvgIpc) is 3.12. The first kappa shape index (κ1) is 27.9. The molecule has 36 heavy (non-hydrogen) atoms. The Hall–Kier alpha value is -2.63. The molecule has 0 aliphatic carbocycles. The summed E-state index contributed by atoms with van der Waals surface area (Å²) in [5, 5.41) is 0. The van der Waals surface area contributed by atoms with E-state index in [0.717, 1.165) is 23.5 Å². The Labute approximate surface area is 215 Å². The van der Waals surface area contributed by atoms with E-state index in [1.807, 2.05) is 36.4 Å². The lowest BCUT2D eigenvalue weighted by molar-refractivity contribution is -0.416. The molecule has 2 aliphatic rings. The molecule has 0 unspecified atom stereocenters. The van der Waals surface area contributed by atoms with Crippen LogP contribution >= 0.6 is 0 Å². The zero-order valence-corrected chi connectivity index (χ0v) is 22.6. The highest BCUT2D eigenvalue weighted by Gasteiger charge is 2.44. The molecule has 2 heterocycles. The first-order valence-electron chi connectivity index (χ1n) is 11.4. The Kier molecular flexibility index (Phi) is 8.07. The Morgan fingerprint density at radius 3 is 2.11 bits per heavy atom. The lowest BCUT2D eigenvalue weighted by atomic mass is 9.81. The number of rotatable bonds is 5. The minimum absolute atomic E-state index is 0.145.